The van der Waals surface area contributed by atoms with Gasteiger partial charge in [-0.25, -0.2) is 4.68 Å². The molecule has 4 rings (SSSR count). The van der Waals surface area contributed by atoms with Crippen molar-refractivity contribution in [2.75, 3.05) is 0 Å². The Bertz CT molecular complexity index is 1180. The van der Waals surface area contributed by atoms with Gasteiger partial charge in [0.05, 0.1) is 42.0 Å². The topological polar surface area (TPSA) is 97.9 Å². The Balaban J connectivity index is 1.51. The number of para-hydroxylation sites is 1. The predicted molar refractivity (Wildman–Crippen MR) is 116 cm³/mol. The summed E-state index contributed by atoms with van der Waals surface area (Å²) in [6.07, 6.45) is 3.96. The number of benzene rings is 2. The molecular formula is C23H24N6O2. The fraction of sp³-hybridized carbons (Fsp3) is 0.217. The summed E-state index contributed by atoms with van der Waals surface area (Å²) < 4.78 is 3.34. The van der Waals surface area contributed by atoms with Crippen LogP contribution in [0.3, 0.4) is 0 Å². The van der Waals surface area contributed by atoms with E-state index in [9.17, 15) is 9.90 Å². The van der Waals surface area contributed by atoms with Gasteiger partial charge in [-0.1, -0.05) is 53.7 Å². The van der Waals surface area contributed by atoms with Crippen molar-refractivity contribution in [2.24, 2.45) is 7.05 Å². The number of hydrogen-bond acceptors (Lipinski definition) is 5. The average molecular weight is 416 g/mol. The number of carbonyl (C=O) groups excluding carboxylic acids is 1. The quantitative estimate of drug-likeness (QED) is 0.483. The van der Waals surface area contributed by atoms with Gasteiger partial charge in [-0.3, -0.25) is 9.48 Å². The lowest BCUT2D eigenvalue weighted by molar-refractivity contribution is 0.0938. The van der Waals surface area contributed by atoms with Crippen LogP contribution >= 0.6 is 0 Å². The minimum atomic E-state index is -0.354. The minimum Gasteiger partial charge on any atom is -0.392 e. The summed E-state index contributed by atoms with van der Waals surface area (Å²) >= 11 is 0. The minimum absolute atomic E-state index is 0.0944. The first kappa shape index (κ1) is 20.5. The van der Waals surface area contributed by atoms with Crippen molar-refractivity contribution < 1.29 is 9.90 Å². The summed E-state index contributed by atoms with van der Waals surface area (Å²) in [6, 6.07) is 17.0. The third kappa shape index (κ3) is 4.39. The average Bonchev–Trinajstić information content (AvgIpc) is 3.42. The highest BCUT2D eigenvalue weighted by Gasteiger charge is 2.20. The van der Waals surface area contributed by atoms with Crippen LogP contribution in [0.4, 0.5) is 0 Å². The lowest BCUT2D eigenvalue weighted by Gasteiger charge is -2.12. The van der Waals surface area contributed by atoms with Gasteiger partial charge in [-0.05, 0) is 18.6 Å². The summed E-state index contributed by atoms with van der Waals surface area (Å²) in [5.41, 5.74) is 4.61. The molecule has 158 valence electrons. The number of nitrogens with zero attached hydrogens (tertiary/aromatic N) is 5. The van der Waals surface area contributed by atoms with Crippen LogP contribution in [0, 0.1) is 0 Å². The monoisotopic (exact) mass is 416 g/mol. The number of aromatic nitrogens is 5. The molecule has 1 unspecified atom stereocenters. The zero-order chi connectivity index (χ0) is 21.8. The Morgan fingerprint density at radius 3 is 2.65 bits per heavy atom. The first-order valence-electron chi connectivity index (χ1n) is 10.0. The molecule has 0 bridgehead atoms. The highest BCUT2D eigenvalue weighted by atomic mass is 16.3. The molecule has 0 aliphatic rings. The van der Waals surface area contributed by atoms with E-state index in [-0.39, 0.29) is 18.6 Å². The fourth-order valence-corrected chi connectivity index (χ4v) is 3.46. The van der Waals surface area contributed by atoms with Crippen molar-refractivity contribution >= 4 is 5.91 Å². The molecule has 8 heteroatoms. The second kappa shape index (κ2) is 8.93. The van der Waals surface area contributed by atoms with Crippen molar-refractivity contribution in [3.05, 3.63) is 95.1 Å². The first-order valence-corrected chi connectivity index (χ1v) is 10.0. The second-order valence-electron chi connectivity index (χ2n) is 7.36. The van der Waals surface area contributed by atoms with E-state index in [0.29, 0.717) is 17.7 Å². The molecule has 0 saturated heterocycles. The highest BCUT2D eigenvalue weighted by molar-refractivity contribution is 5.95. The van der Waals surface area contributed by atoms with Gasteiger partial charge in [0.1, 0.15) is 5.69 Å². The van der Waals surface area contributed by atoms with Gasteiger partial charge in [-0.15, -0.1) is 5.10 Å². The molecule has 0 radical (unpaired) electrons. The summed E-state index contributed by atoms with van der Waals surface area (Å²) in [5, 5.41) is 25.2. The van der Waals surface area contributed by atoms with Crippen molar-refractivity contribution in [3.63, 3.8) is 0 Å². The first-order chi connectivity index (χ1) is 15.1. The molecule has 2 aromatic carbocycles. The fourth-order valence-electron chi connectivity index (χ4n) is 3.46. The Hall–Kier alpha value is -3.78. The van der Waals surface area contributed by atoms with E-state index in [1.165, 1.54) is 0 Å². The molecule has 0 aliphatic heterocycles. The van der Waals surface area contributed by atoms with Crippen LogP contribution in [0.25, 0.3) is 5.69 Å². The maximum absolute atomic E-state index is 13.0. The van der Waals surface area contributed by atoms with Crippen LogP contribution in [0.15, 0.2) is 67.0 Å². The Morgan fingerprint density at radius 1 is 1.13 bits per heavy atom. The number of aliphatic hydroxyl groups is 1. The molecule has 0 aliphatic carbocycles. The third-order valence-corrected chi connectivity index (χ3v) is 5.23. The molecule has 2 heterocycles. The zero-order valence-corrected chi connectivity index (χ0v) is 17.4. The summed E-state index contributed by atoms with van der Waals surface area (Å²) in [4.78, 5) is 13.0. The normalized spacial score (nSPS) is 12.0. The molecule has 1 atom stereocenters. The van der Waals surface area contributed by atoms with Crippen molar-refractivity contribution in [1.82, 2.24) is 30.1 Å². The van der Waals surface area contributed by atoms with Gasteiger partial charge < -0.3 is 10.4 Å². The number of nitrogens with one attached hydrogen (secondary N) is 1. The smallest absolute Gasteiger partial charge is 0.255 e. The molecule has 2 aromatic heterocycles. The van der Waals surface area contributed by atoms with Gasteiger partial charge in [0.2, 0.25) is 0 Å². The number of rotatable bonds is 7. The van der Waals surface area contributed by atoms with Gasteiger partial charge in [0, 0.05) is 19.0 Å². The van der Waals surface area contributed by atoms with E-state index in [1.807, 2.05) is 68.6 Å². The van der Waals surface area contributed by atoms with E-state index in [1.54, 1.807) is 21.8 Å². The molecule has 8 nitrogen and oxygen atoms in total. The summed E-state index contributed by atoms with van der Waals surface area (Å²) in [6.45, 7) is 1.76. The van der Waals surface area contributed by atoms with E-state index in [2.05, 4.69) is 20.7 Å². The number of carbonyl (C=O) groups is 1. The van der Waals surface area contributed by atoms with Crippen LogP contribution < -0.4 is 5.32 Å². The Labute approximate surface area is 180 Å². The van der Waals surface area contributed by atoms with E-state index in [4.69, 9.17) is 0 Å². The number of aryl methyl sites for hydroxylation is 1. The van der Waals surface area contributed by atoms with Crippen LogP contribution in [0.1, 0.15) is 45.8 Å². The molecule has 1 amide bonds. The predicted octanol–water partition coefficient (Wildman–Crippen LogP) is 2.57. The van der Waals surface area contributed by atoms with Crippen LogP contribution in [-0.2, 0) is 20.1 Å². The number of amides is 1. The molecule has 31 heavy (non-hydrogen) atoms. The van der Waals surface area contributed by atoms with E-state index < -0.39 is 0 Å². The second-order valence-corrected chi connectivity index (χ2v) is 7.36. The van der Waals surface area contributed by atoms with Crippen molar-refractivity contribution in [1.29, 1.82) is 0 Å². The molecule has 4 aromatic rings. The van der Waals surface area contributed by atoms with Gasteiger partial charge in [0.15, 0.2) is 0 Å². The maximum atomic E-state index is 13.0. The number of hydrogen-bond donors (Lipinski definition) is 2. The number of aliphatic hydroxyl groups excluding tert-OH is 1. The molecule has 0 spiro atoms. The highest BCUT2D eigenvalue weighted by Crippen LogP contribution is 2.18. The third-order valence-electron chi connectivity index (χ3n) is 5.23. The SMILES string of the molecule is CC(NC(=O)c1cnn(C)c1Cc1ccccc1)c1cn(-c2ccccc2CO)nn1. The van der Waals surface area contributed by atoms with Crippen molar-refractivity contribution in [3.8, 4) is 5.69 Å². The van der Waals surface area contributed by atoms with E-state index >= 15 is 0 Å². The summed E-state index contributed by atoms with van der Waals surface area (Å²) in [7, 11) is 1.84. The van der Waals surface area contributed by atoms with Gasteiger partial charge in [0.25, 0.3) is 5.91 Å². The van der Waals surface area contributed by atoms with Crippen LogP contribution in [0.2, 0.25) is 0 Å². The molecule has 2 N–H and O–H groups in total. The van der Waals surface area contributed by atoms with Gasteiger partial charge in [-0.2, -0.15) is 5.10 Å². The lowest BCUT2D eigenvalue weighted by atomic mass is 10.1. The Morgan fingerprint density at radius 2 is 1.87 bits per heavy atom. The molecular weight excluding hydrogens is 392 g/mol. The van der Waals surface area contributed by atoms with Crippen LogP contribution in [0.5, 0.6) is 0 Å². The largest absolute Gasteiger partial charge is 0.392 e. The molecule has 0 fully saturated rings. The Kier molecular flexibility index (Phi) is 5.90. The van der Waals surface area contributed by atoms with Crippen LogP contribution in [-0.4, -0.2) is 35.8 Å². The van der Waals surface area contributed by atoms with E-state index in [0.717, 1.165) is 22.5 Å². The lowest BCUT2D eigenvalue weighted by Crippen LogP contribution is -2.27. The summed E-state index contributed by atoms with van der Waals surface area (Å²) in [5.74, 6) is -0.211. The zero-order valence-electron chi connectivity index (χ0n) is 17.4. The van der Waals surface area contributed by atoms with Gasteiger partial charge >= 0.3 is 0 Å². The molecule has 0 saturated carbocycles. The maximum Gasteiger partial charge on any atom is 0.255 e. The standard InChI is InChI=1S/C23H24N6O2/c1-16(20-14-29(27-26-20)21-11-7-6-10-18(21)15-30)25-23(31)19-13-24-28(2)22(19)12-17-8-4-3-5-9-17/h3-11,13-14,16,30H,12,15H2,1-2H3,(H,25,31). The van der Waals surface area contributed by atoms with Crippen molar-refractivity contribution in [2.45, 2.75) is 26.0 Å².